The van der Waals surface area contributed by atoms with Crippen LogP contribution in [0.15, 0.2) is 0 Å². The minimum absolute atomic E-state index is 0. The Morgan fingerprint density at radius 1 is 0.333 bits per heavy atom. The van der Waals surface area contributed by atoms with Crippen LogP contribution in [0.25, 0.3) is 0 Å². The van der Waals surface area contributed by atoms with E-state index in [4.69, 9.17) is 0 Å². The summed E-state index contributed by atoms with van der Waals surface area (Å²) in [5, 5.41) is 0. The predicted molar refractivity (Wildman–Crippen MR) is 22.7 cm³/mol. The Hall–Kier alpha value is 8.39. The predicted octanol–water partition coefficient (Wildman–Crippen LogP) is 1.13. The molecule has 0 amide bonds. The van der Waals surface area contributed by atoms with Crippen molar-refractivity contribution in [2.45, 2.75) is 0 Å². The number of hydrogen-bond donors (Lipinski definition) is 0. The Balaban J connectivity index is -0.000000000111. The Labute approximate surface area is 280 Å². The Kier molecular flexibility index (Phi) is 675. The van der Waals surface area contributed by atoms with E-state index in [0.29, 0.717) is 0 Å². The van der Waals surface area contributed by atoms with Gasteiger partial charge in [-0.15, -0.1) is 12.8 Å². The van der Waals surface area contributed by atoms with Crippen LogP contribution in [0.5, 0.6) is 0 Å². The summed E-state index contributed by atoms with van der Waals surface area (Å²) < 4.78 is 0. The van der Waals surface area contributed by atoms with Gasteiger partial charge in [0.2, 0.25) is 0 Å². The topological polar surface area (TPSA) is 0 Å². The third kappa shape index (κ3) is 79.0. The van der Waals surface area contributed by atoms with Crippen molar-refractivity contribution in [1.29, 1.82) is 0 Å². The Morgan fingerprint density at radius 3 is 0.333 bits per heavy atom. The molecule has 0 aromatic heterocycles. The fourth-order valence-corrected chi connectivity index (χ4v) is 0. The van der Waals surface area contributed by atoms with E-state index in [2.05, 4.69) is 12.8 Å². The van der Waals surface area contributed by atoms with E-state index in [1.807, 2.05) is 0 Å². The standard InChI is InChI=1S/C2H2.2CH3.8Y/c1-2;;;;;;;;;;/h1-2H;2*1H3;;;;;;;;/q;2*-1;;;;;;;;. The fourth-order valence-electron chi connectivity index (χ4n) is 0. The second-order valence-corrected chi connectivity index (χ2v) is 0. The molecule has 0 aromatic carbocycles. The zero-order valence-corrected chi connectivity index (χ0v) is 30.5. The van der Waals surface area contributed by atoms with Gasteiger partial charge < -0.3 is 14.9 Å². The van der Waals surface area contributed by atoms with Gasteiger partial charge in [-0.25, -0.2) is 0 Å². The number of hydrogen-bond acceptors (Lipinski definition) is 0. The molecular formula is C4H8Y8-2. The first-order chi connectivity index (χ1) is 1.00. The van der Waals surface area contributed by atoms with E-state index in [0.717, 1.165) is 0 Å². The molecule has 0 unspecified atom stereocenters. The molecule has 0 saturated heterocycles. The van der Waals surface area contributed by atoms with Crippen LogP contribution in [-0.4, -0.2) is 0 Å². The molecule has 8 heteroatoms. The van der Waals surface area contributed by atoms with Crippen molar-refractivity contribution >= 4 is 0 Å². The van der Waals surface area contributed by atoms with Crippen LogP contribution >= 0.6 is 0 Å². The third-order valence-electron chi connectivity index (χ3n) is 0. The molecule has 0 heterocycles. The minimum Gasteiger partial charge on any atom is -0.358 e. The van der Waals surface area contributed by atoms with Gasteiger partial charge in [0.15, 0.2) is 0 Å². The van der Waals surface area contributed by atoms with Gasteiger partial charge in [-0.3, -0.25) is 0 Å². The molecule has 0 nitrogen and oxygen atoms in total. The molecule has 12 heavy (non-hydrogen) atoms. The summed E-state index contributed by atoms with van der Waals surface area (Å²) in [6, 6.07) is 0. The van der Waals surface area contributed by atoms with Crippen LogP contribution in [0.4, 0.5) is 0 Å². The summed E-state index contributed by atoms with van der Waals surface area (Å²) in [7, 11) is 0. The minimum atomic E-state index is 0. The third-order valence-corrected chi connectivity index (χ3v) is 0. The molecule has 0 aromatic rings. The van der Waals surface area contributed by atoms with Crippen LogP contribution < -0.4 is 0 Å². The maximum absolute atomic E-state index is 4.00. The van der Waals surface area contributed by atoms with Gasteiger partial charge in [0.1, 0.15) is 0 Å². The molecule has 0 aliphatic rings. The van der Waals surface area contributed by atoms with Gasteiger partial charge in [0.05, 0.1) is 0 Å². The van der Waals surface area contributed by atoms with E-state index in [1.54, 1.807) is 0 Å². The summed E-state index contributed by atoms with van der Waals surface area (Å²) >= 11 is 0. The van der Waals surface area contributed by atoms with Crippen molar-refractivity contribution in [3.8, 4) is 12.8 Å². The zero-order valence-electron chi connectivity index (χ0n) is 7.77. The maximum Gasteiger partial charge on any atom is 0 e. The first-order valence-corrected chi connectivity index (χ1v) is 0.333. The van der Waals surface area contributed by atoms with Crippen LogP contribution in [0.3, 0.4) is 0 Å². The zero-order chi connectivity index (χ0) is 2.00. The summed E-state index contributed by atoms with van der Waals surface area (Å²) in [6.07, 6.45) is 8.00. The first-order valence-electron chi connectivity index (χ1n) is 0.333. The average Bonchev–Trinajstić information content (AvgIpc) is 1.00. The van der Waals surface area contributed by atoms with Gasteiger partial charge in [0, 0.05) is 262 Å². The molecule has 0 N–H and O–H groups in total. The van der Waals surface area contributed by atoms with Gasteiger partial charge in [-0.05, 0) is 0 Å². The Morgan fingerprint density at radius 2 is 0.333 bits per heavy atom. The molecule has 8 radical (unpaired) electrons. The second kappa shape index (κ2) is 93.1. The van der Waals surface area contributed by atoms with E-state index < -0.39 is 0 Å². The van der Waals surface area contributed by atoms with Gasteiger partial charge in [-0.1, -0.05) is 0 Å². The van der Waals surface area contributed by atoms with Crippen LogP contribution in [0, 0.1) is 27.7 Å². The first kappa shape index (κ1) is 86.9. The van der Waals surface area contributed by atoms with Crippen LogP contribution in [0.2, 0.25) is 0 Å². The summed E-state index contributed by atoms with van der Waals surface area (Å²) in [4.78, 5) is 0. The number of terminal acetylenes is 1. The van der Waals surface area contributed by atoms with Crippen molar-refractivity contribution in [2.24, 2.45) is 0 Å². The normalized spacial score (nSPS) is 0.167. The van der Waals surface area contributed by atoms with Crippen molar-refractivity contribution in [2.75, 3.05) is 0 Å². The molecular weight excluding hydrogens is 759 g/mol. The number of rotatable bonds is 0. The monoisotopic (exact) mass is 767 g/mol. The Bertz CT molecular complexity index is 15.8. The van der Waals surface area contributed by atoms with Crippen LogP contribution in [-0.2, 0) is 262 Å². The molecule has 50 valence electrons. The molecule has 0 aliphatic carbocycles. The molecule has 0 atom stereocenters. The smallest absolute Gasteiger partial charge is 0 e. The maximum atomic E-state index is 4.00. The molecule has 0 bridgehead atoms. The van der Waals surface area contributed by atoms with E-state index in [1.165, 1.54) is 0 Å². The van der Waals surface area contributed by atoms with Gasteiger partial charge in [0.25, 0.3) is 0 Å². The summed E-state index contributed by atoms with van der Waals surface area (Å²) in [6.45, 7) is 0. The largest absolute Gasteiger partial charge is 0.358 e. The molecule has 0 spiro atoms. The average molecular weight is 767 g/mol. The van der Waals surface area contributed by atoms with Crippen molar-refractivity contribution in [3.63, 3.8) is 0 Å². The SMILES string of the molecule is C#C.[CH3-].[CH3-].[Y].[Y].[Y].[Y].[Y].[Y].[Y].[Y]. The van der Waals surface area contributed by atoms with Crippen LogP contribution in [0.1, 0.15) is 0 Å². The summed E-state index contributed by atoms with van der Waals surface area (Å²) in [5.74, 6) is 0. The van der Waals surface area contributed by atoms with Gasteiger partial charge >= 0.3 is 0 Å². The quantitative estimate of drug-likeness (QED) is 0.257. The molecule has 0 aliphatic heterocycles. The molecule has 0 rings (SSSR count). The fraction of sp³-hybridized carbons (Fsp3) is 0. The van der Waals surface area contributed by atoms with Crippen molar-refractivity contribution in [1.82, 2.24) is 0 Å². The summed E-state index contributed by atoms with van der Waals surface area (Å²) in [5.41, 5.74) is 0. The van der Waals surface area contributed by atoms with E-state index in [9.17, 15) is 0 Å². The van der Waals surface area contributed by atoms with E-state index >= 15 is 0 Å². The molecule has 0 saturated carbocycles. The van der Waals surface area contributed by atoms with Crippen molar-refractivity contribution < 1.29 is 262 Å². The van der Waals surface area contributed by atoms with E-state index in [-0.39, 0.29) is 277 Å². The second-order valence-electron chi connectivity index (χ2n) is 0. The molecule has 0 fully saturated rings. The van der Waals surface area contributed by atoms with Crippen molar-refractivity contribution in [3.05, 3.63) is 14.9 Å². The van der Waals surface area contributed by atoms with Gasteiger partial charge in [-0.2, -0.15) is 0 Å².